The molecule has 0 bridgehead atoms. The molecule has 14 heavy (non-hydrogen) atoms. The zero-order valence-electron chi connectivity index (χ0n) is 9.71. The first-order valence-corrected chi connectivity index (χ1v) is 5.45. The standard InChI is InChI=1S/C11H23NO2/c1-5-8(7-14-4)12-9-6-10(13)11(9,2)3/h8-10,12-13H,5-7H2,1-4H3. The summed E-state index contributed by atoms with van der Waals surface area (Å²) in [6, 6.07) is 0.842. The van der Waals surface area contributed by atoms with Crippen molar-refractivity contribution < 1.29 is 9.84 Å². The third kappa shape index (κ3) is 2.27. The van der Waals surface area contributed by atoms with Gasteiger partial charge in [-0.25, -0.2) is 0 Å². The minimum atomic E-state index is -0.153. The summed E-state index contributed by atoms with van der Waals surface area (Å²) >= 11 is 0. The lowest BCUT2D eigenvalue weighted by Gasteiger charge is -2.50. The molecule has 0 saturated heterocycles. The molecule has 0 amide bonds. The van der Waals surface area contributed by atoms with Crippen molar-refractivity contribution in [2.24, 2.45) is 5.41 Å². The molecular weight excluding hydrogens is 178 g/mol. The lowest BCUT2D eigenvalue weighted by atomic mass is 9.64. The second-order valence-electron chi connectivity index (χ2n) is 4.85. The maximum absolute atomic E-state index is 9.59. The van der Waals surface area contributed by atoms with Crippen LogP contribution >= 0.6 is 0 Å². The highest BCUT2D eigenvalue weighted by Crippen LogP contribution is 2.40. The Kier molecular flexibility index (Phi) is 3.93. The van der Waals surface area contributed by atoms with Crippen molar-refractivity contribution in [2.75, 3.05) is 13.7 Å². The number of aliphatic hydroxyl groups excluding tert-OH is 1. The number of nitrogens with one attached hydrogen (secondary N) is 1. The van der Waals surface area contributed by atoms with Crippen LogP contribution in [0.3, 0.4) is 0 Å². The van der Waals surface area contributed by atoms with Gasteiger partial charge in [0.15, 0.2) is 0 Å². The molecular formula is C11H23NO2. The van der Waals surface area contributed by atoms with Gasteiger partial charge in [-0.1, -0.05) is 20.8 Å². The first-order valence-electron chi connectivity index (χ1n) is 5.45. The molecule has 0 aromatic heterocycles. The normalized spacial score (nSPS) is 32.4. The number of rotatable bonds is 5. The van der Waals surface area contributed by atoms with Crippen molar-refractivity contribution >= 4 is 0 Å². The van der Waals surface area contributed by atoms with Gasteiger partial charge in [0.1, 0.15) is 0 Å². The molecule has 1 rings (SSSR count). The summed E-state index contributed by atoms with van der Waals surface area (Å²) in [5, 5.41) is 13.1. The van der Waals surface area contributed by atoms with E-state index in [4.69, 9.17) is 4.74 Å². The van der Waals surface area contributed by atoms with E-state index < -0.39 is 0 Å². The molecule has 1 saturated carbocycles. The van der Waals surface area contributed by atoms with Gasteiger partial charge in [0.2, 0.25) is 0 Å². The molecule has 0 radical (unpaired) electrons. The number of hydrogen-bond acceptors (Lipinski definition) is 3. The average Bonchev–Trinajstić information content (AvgIpc) is 2.16. The summed E-state index contributed by atoms with van der Waals surface area (Å²) in [6.07, 6.45) is 1.78. The Bertz CT molecular complexity index is 182. The minimum absolute atomic E-state index is 0.0150. The Labute approximate surface area is 86.8 Å². The van der Waals surface area contributed by atoms with E-state index in [0.717, 1.165) is 19.4 Å². The summed E-state index contributed by atoms with van der Waals surface area (Å²) in [5.74, 6) is 0. The van der Waals surface area contributed by atoms with Crippen LogP contribution in [0.2, 0.25) is 0 Å². The predicted octanol–water partition coefficient (Wildman–Crippen LogP) is 1.16. The van der Waals surface area contributed by atoms with E-state index in [2.05, 4.69) is 26.1 Å². The highest BCUT2D eigenvalue weighted by molar-refractivity contribution is 5.02. The zero-order chi connectivity index (χ0) is 10.8. The van der Waals surface area contributed by atoms with Crippen molar-refractivity contribution in [1.82, 2.24) is 5.32 Å². The smallest absolute Gasteiger partial charge is 0.0621 e. The Hall–Kier alpha value is -0.120. The molecule has 1 aliphatic carbocycles. The fraction of sp³-hybridized carbons (Fsp3) is 1.00. The quantitative estimate of drug-likeness (QED) is 0.701. The van der Waals surface area contributed by atoms with Gasteiger partial charge in [-0.2, -0.15) is 0 Å². The molecule has 3 unspecified atom stereocenters. The molecule has 1 aliphatic rings. The molecule has 84 valence electrons. The molecule has 0 spiro atoms. The average molecular weight is 201 g/mol. The zero-order valence-corrected chi connectivity index (χ0v) is 9.71. The number of ether oxygens (including phenoxy) is 1. The van der Waals surface area contributed by atoms with E-state index in [0.29, 0.717) is 12.1 Å². The van der Waals surface area contributed by atoms with E-state index in [1.54, 1.807) is 7.11 Å². The molecule has 0 aromatic carbocycles. The second kappa shape index (κ2) is 4.60. The van der Waals surface area contributed by atoms with Crippen LogP contribution in [0, 0.1) is 5.41 Å². The van der Waals surface area contributed by atoms with E-state index in [-0.39, 0.29) is 11.5 Å². The fourth-order valence-electron chi connectivity index (χ4n) is 1.95. The highest BCUT2D eigenvalue weighted by atomic mass is 16.5. The van der Waals surface area contributed by atoms with Crippen LogP contribution in [0.15, 0.2) is 0 Å². The summed E-state index contributed by atoms with van der Waals surface area (Å²) in [7, 11) is 1.73. The van der Waals surface area contributed by atoms with E-state index in [1.165, 1.54) is 0 Å². The van der Waals surface area contributed by atoms with Crippen molar-refractivity contribution in [1.29, 1.82) is 0 Å². The molecule has 2 N–H and O–H groups in total. The van der Waals surface area contributed by atoms with E-state index in [9.17, 15) is 5.11 Å². The van der Waals surface area contributed by atoms with Gasteiger partial charge in [-0.3, -0.25) is 0 Å². The maximum atomic E-state index is 9.59. The van der Waals surface area contributed by atoms with Gasteiger partial charge in [0.25, 0.3) is 0 Å². The first kappa shape index (κ1) is 12.0. The van der Waals surface area contributed by atoms with Gasteiger partial charge in [0.05, 0.1) is 12.7 Å². The molecule has 3 nitrogen and oxygen atoms in total. The highest BCUT2D eigenvalue weighted by Gasteiger charge is 2.47. The van der Waals surface area contributed by atoms with Gasteiger partial charge in [-0.15, -0.1) is 0 Å². The maximum Gasteiger partial charge on any atom is 0.0621 e. The van der Waals surface area contributed by atoms with Crippen LogP contribution in [0.1, 0.15) is 33.6 Å². The summed E-state index contributed by atoms with van der Waals surface area (Å²) in [4.78, 5) is 0. The van der Waals surface area contributed by atoms with Crippen molar-refractivity contribution in [3.63, 3.8) is 0 Å². The number of aliphatic hydroxyl groups is 1. The second-order valence-corrected chi connectivity index (χ2v) is 4.85. The molecule has 3 atom stereocenters. The van der Waals surface area contributed by atoms with Crippen LogP contribution in [0.25, 0.3) is 0 Å². The summed E-state index contributed by atoms with van der Waals surface area (Å²) in [6.45, 7) is 7.12. The first-order chi connectivity index (χ1) is 6.52. The predicted molar refractivity (Wildman–Crippen MR) is 57.3 cm³/mol. The largest absolute Gasteiger partial charge is 0.392 e. The summed E-state index contributed by atoms with van der Waals surface area (Å²) < 4.78 is 5.13. The van der Waals surface area contributed by atoms with Gasteiger partial charge in [-0.05, 0) is 12.8 Å². The molecule has 1 fully saturated rings. The number of hydrogen-bond donors (Lipinski definition) is 2. The monoisotopic (exact) mass is 201 g/mol. The van der Waals surface area contributed by atoms with Crippen LogP contribution in [-0.2, 0) is 4.74 Å². The third-order valence-electron chi connectivity index (χ3n) is 3.51. The summed E-state index contributed by atoms with van der Waals surface area (Å²) in [5.41, 5.74) is 0.0150. The Morgan fingerprint density at radius 1 is 1.57 bits per heavy atom. The van der Waals surface area contributed by atoms with Crippen LogP contribution in [0.5, 0.6) is 0 Å². The molecule has 0 heterocycles. The lowest BCUT2D eigenvalue weighted by Crippen LogP contribution is -2.62. The van der Waals surface area contributed by atoms with Crippen molar-refractivity contribution in [3.8, 4) is 0 Å². The Balaban J connectivity index is 2.37. The Morgan fingerprint density at radius 3 is 2.57 bits per heavy atom. The van der Waals surface area contributed by atoms with E-state index >= 15 is 0 Å². The lowest BCUT2D eigenvalue weighted by molar-refractivity contribution is -0.0782. The number of methoxy groups -OCH3 is 1. The topological polar surface area (TPSA) is 41.5 Å². The van der Waals surface area contributed by atoms with E-state index in [1.807, 2.05) is 0 Å². The van der Waals surface area contributed by atoms with Gasteiger partial charge >= 0.3 is 0 Å². The van der Waals surface area contributed by atoms with Crippen LogP contribution in [-0.4, -0.2) is 37.0 Å². The van der Waals surface area contributed by atoms with Gasteiger partial charge < -0.3 is 15.2 Å². The Morgan fingerprint density at radius 2 is 2.21 bits per heavy atom. The van der Waals surface area contributed by atoms with Crippen LogP contribution < -0.4 is 5.32 Å². The molecule has 3 heteroatoms. The van der Waals surface area contributed by atoms with Crippen molar-refractivity contribution in [3.05, 3.63) is 0 Å². The SMILES string of the molecule is CCC(COC)NC1CC(O)C1(C)C. The molecule has 0 aromatic rings. The van der Waals surface area contributed by atoms with Crippen molar-refractivity contribution in [2.45, 2.75) is 51.8 Å². The van der Waals surface area contributed by atoms with Gasteiger partial charge in [0, 0.05) is 24.6 Å². The minimum Gasteiger partial charge on any atom is -0.392 e. The fourth-order valence-corrected chi connectivity index (χ4v) is 1.95. The molecule has 0 aliphatic heterocycles. The third-order valence-corrected chi connectivity index (χ3v) is 3.51. The van der Waals surface area contributed by atoms with Crippen LogP contribution in [0.4, 0.5) is 0 Å².